The van der Waals surface area contributed by atoms with Gasteiger partial charge in [-0.15, -0.1) is 0 Å². The molecule has 10 heteroatoms. The number of esters is 1. The molecule has 0 unspecified atom stereocenters. The Morgan fingerprint density at radius 1 is 1.00 bits per heavy atom. The Balaban J connectivity index is 1.29. The maximum absolute atomic E-state index is 12.3. The highest BCUT2D eigenvalue weighted by atomic mass is 16.5. The number of ether oxygens (including phenoxy) is 1. The van der Waals surface area contributed by atoms with Gasteiger partial charge in [-0.05, 0) is 43.3 Å². The molecule has 170 valence electrons. The van der Waals surface area contributed by atoms with Gasteiger partial charge in [-0.1, -0.05) is 6.07 Å². The quantitative estimate of drug-likeness (QED) is 0.402. The Labute approximate surface area is 195 Å². The maximum atomic E-state index is 12.3. The standard InChI is InChI=1S/C24H22N8O2/c1-15-3-2-4-19(29-15)23-28-10-7-21(32-23)30-20-6-9-27-22(31-20)12-17-11-16(5-8-26-17)24(33)34-18-13-25-14-18/h2-11,18,25H,12-14H2,1H3,(H,27,28,30,31,32). The monoisotopic (exact) mass is 454 g/mol. The van der Waals surface area contributed by atoms with Crippen LogP contribution in [0, 0.1) is 6.92 Å². The average molecular weight is 454 g/mol. The Morgan fingerprint density at radius 3 is 2.59 bits per heavy atom. The first-order valence-electron chi connectivity index (χ1n) is 10.8. The van der Waals surface area contributed by atoms with Gasteiger partial charge in [0.15, 0.2) is 5.82 Å². The number of nitrogens with one attached hydrogen (secondary N) is 2. The number of hydrogen-bond donors (Lipinski definition) is 2. The first kappa shape index (κ1) is 21.5. The van der Waals surface area contributed by atoms with Crippen LogP contribution in [0.3, 0.4) is 0 Å². The summed E-state index contributed by atoms with van der Waals surface area (Å²) in [6.45, 7) is 3.30. The number of nitrogens with zero attached hydrogens (tertiary/aromatic N) is 6. The van der Waals surface area contributed by atoms with Crippen LogP contribution >= 0.6 is 0 Å². The molecular formula is C24H22N8O2. The van der Waals surface area contributed by atoms with Crippen LogP contribution in [0.1, 0.15) is 27.6 Å². The molecule has 1 aliphatic rings. The van der Waals surface area contributed by atoms with Gasteiger partial charge in [-0.2, -0.15) is 0 Å². The predicted octanol–water partition coefficient (Wildman–Crippen LogP) is 2.50. The Kier molecular flexibility index (Phi) is 6.13. The van der Waals surface area contributed by atoms with Crippen LogP contribution in [0.5, 0.6) is 0 Å². The average Bonchev–Trinajstić information content (AvgIpc) is 2.82. The molecule has 0 atom stereocenters. The van der Waals surface area contributed by atoms with Crippen molar-refractivity contribution in [3.8, 4) is 11.5 Å². The molecule has 0 amide bonds. The molecule has 2 N–H and O–H groups in total. The van der Waals surface area contributed by atoms with Crippen molar-refractivity contribution >= 4 is 17.6 Å². The van der Waals surface area contributed by atoms with Crippen molar-refractivity contribution in [2.24, 2.45) is 0 Å². The van der Waals surface area contributed by atoms with Crippen molar-refractivity contribution in [1.82, 2.24) is 35.2 Å². The van der Waals surface area contributed by atoms with Crippen LogP contribution in [0.15, 0.2) is 61.1 Å². The van der Waals surface area contributed by atoms with E-state index < -0.39 is 0 Å². The molecule has 34 heavy (non-hydrogen) atoms. The van der Waals surface area contributed by atoms with Crippen LogP contribution in [-0.4, -0.2) is 55.1 Å². The summed E-state index contributed by atoms with van der Waals surface area (Å²) in [4.78, 5) is 38.9. The number of aryl methyl sites for hydroxylation is 1. The molecule has 0 saturated carbocycles. The lowest BCUT2D eigenvalue weighted by Gasteiger charge is -2.26. The fraction of sp³-hybridized carbons (Fsp3) is 0.208. The zero-order valence-corrected chi connectivity index (χ0v) is 18.5. The van der Waals surface area contributed by atoms with Crippen molar-refractivity contribution in [2.75, 3.05) is 18.4 Å². The van der Waals surface area contributed by atoms with Crippen molar-refractivity contribution < 1.29 is 9.53 Å². The van der Waals surface area contributed by atoms with Crippen molar-refractivity contribution in [3.63, 3.8) is 0 Å². The van der Waals surface area contributed by atoms with E-state index in [1.165, 1.54) is 0 Å². The van der Waals surface area contributed by atoms with Crippen LogP contribution < -0.4 is 10.6 Å². The number of rotatable bonds is 7. The minimum absolute atomic E-state index is 0.0702. The smallest absolute Gasteiger partial charge is 0.338 e. The summed E-state index contributed by atoms with van der Waals surface area (Å²) in [5, 5.41) is 6.26. The molecule has 5 rings (SSSR count). The molecule has 10 nitrogen and oxygen atoms in total. The van der Waals surface area contributed by atoms with Gasteiger partial charge in [-0.3, -0.25) is 4.98 Å². The molecule has 4 aromatic rings. The lowest BCUT2D eigenvalue weighted by molar-refractivity contribution is 0.0169. The summed E-state index contributed by atoms with van der Waals surface area (Å²) in [7, 11) is 0. The second-order valence-electron chi connectivity index (χ2n) is 7.81. The van der Waals surface area contributed by atoms with Crippen LogP contribution in [0.25, 0.3) is 11.5 Å². The first-order chi connectivity index (χ1) is 16.6. The third-order valence-corrected chi connectivity index (χ3v) is 5.14. The number of hydrogen-bond acceptors (Lipinski definition) is 10. The summed E-state index contributed by atoms with van der Waals surface area (Å²) in [5.74, 6) is 1.90. The highest BCUT2D eigenvalue weighted by Crippen LogP contribution is 2.17. The molecular weight excluding hydrogens is 432 g/mol. The topological polar surface area (TPSA) is 128 Å². The largest absolute Gasteiger partial charge is 0.456 e. The zero-order valence-electron chi connectivity index (χ0n) is 18.5. The van der Waals surface area contributed by atoms with E-state index >= 15 is 0 Å². The van der Waals surface area contributed by atoms with Gasteiger partial charge in [0.2, 0.25) is 0 Å². The molecule has 1 fully saturated rings. The van der Waals surface area contributed by atoms with Crippen LogP contribution in [-0.2, 0) is 11.2 Å². The molecule has 1 aliphatic heterocycles. The van der Waals surface area contributed by atoms with Crippen molar-refractivity contribution in [2.45, 2.75) is 19.4 Å². The minimum atomic E-state index is -0.353. The van der Waals surface area contributed by atoms with E-state index in [9.17, 15) is 4.79 Å². The zero-order chi connectivity index (χ0) is 23.3. The Bertz CT molecular complexity index is 1330. The Morgan fingerprint density at radius 2 is 1.79 bits per heavy atom. The number of anilines is 2. The first-order valence-corrected chi connectivity index (χ1v) is 10.8. The summed E-state index contributed by atoms with van der Waals surface area (Å²) < 4.78 is 5.42. The third-order valence-electron chi connectivity index (χ3n) is 5.14. The molecule has 0 aromatic carbocycles. The normalized spacial score (nSPS) is 13.2. The molecule has 0 spiro atoms. The van der Waals surface area contributed by atoms with Gasteiger partial charge in [0.05, 0.1) is 12.0 Å². The van der Waals surface area contributed by atoms with Gasteiger partial charge < -0.3 is 15.4 Å². The SMILES string of the molecule is Cc1cccc(-c2nccc(Nc3ccnc(Cc4cc(C(=O)OC5CNC5)ccn4)n3)n2)n1. The maximum Gasteiger partial charge on any atom is 0.338 e. The molecule has 1 saturated heterocycles. The third kappa shape index (κ3) is 5.18. The van der Waals surface area contributed by atoms with E-state index in [0.717, 1.165) is 5.69 Å². The minimum Gasteiger partial charge on any atom is -0.456 e. The van der Waals surface area contributed by atoms with Gasteiger partial charge in [0.1, 0.15) is 29.3 Å². The van der Waals surface area contributed by atoms with E-state index in [4.69, 9.17) is 4.74 Å². The van der Waals surface area contributed by atoms with E-state index in [1.807, 2.05) is 25.1 Å². The number of carbonyl (C=O) groups is 1. The highest BCUT2D eigenvalue weighted by Gasteiger charge is 2.22. The second-order valence-corrected chi connectivity index (χ2v) is 7.81. The number of pyridine rings is 2. The summed E-state index contributed by atoms with van der Waals surface area (Å²) in [6.07, 6.45) is 5.22. The van der Waals surface area contributed by atoms with Crippen LogP contribution in [0.2, 0.25) is 0 Å². The van der Waals surface area contributed by atoms with Gasteiger partial charge in [0.25, 0.3) is 0 Å². The number of carbonyl (C=O) groups excluding carboxylic acids is 1. The molecule has 0 bridgehead atoms. The van der Waals surface area contributed by atoms with Gasteiger partial charge in [0, 0.05) is 43.1 Å². The second kappa shape index (κ2) is 9.67. The summed E-state index contributed by atoms with van der Waals surface area (Å²) >= 11 is 0. The molecule has 4 aromatic heterocycles. The highest BCUT2D eigenvalue weighted by molar-refractivity contribution is 5.89. The van der Waals surface area contributed by atoms with Crippen molar-refractivity contribution in [1.29, 1.82) is 0 Å². The Hall–Kier alpha value is -4.31. The fourth-order valence-electron chi connectivity index (χ4n) is 3.33. The molecule has 0 aliphatic carbocycles. The predicted molar refractivity (Wildman–Crippen MR) is 124 cm³/mol. The number of aromatic nitrogens is 6. The van der Waals surface area contributed by atoms with Crippen molar-refractivity contribution in [3.05, 3.63) is 83.8 Å². The molecule has 5 heterocycles. The van der Waals surface area contributed by atoms with Gasteiger partial charge in [-0.25, -0.2) is 29.7 Å². The summed E-state index contributed by atoms with van der Waals surface area (Å²) in [5.41, 5.74) is 2.73. The summed E-state index contributed by atoms with van der Waals surface area (Å²) in [6, 6.07) is 12.6. The van der Waals surface area contributed by atoms with Gasteiger partial charge >= 0.3 is 5.97 Å². The van der Waals surface area contributed by atoms with Crippen LogP contribution in [0.4, 0.5) is 11.6 Å². The fourth-order valence-corrected chi connectivity index (χ4v) is 3.33. The lowest BCUT2D eigenvalue weighted by atomic mass is 10.2. The van der Waals surface area contributed by atoms with E-state index in [0.29, 0.717) is 59.7 Å². The molecule has 0 radical (unpaired) electrons. The van der Waals surface area contributed by atoms with E-state index in [-0.39, 0.29) is 12.1 Å². The van der Waals surface area contributed by atoms with E-state index in [2.05, 4.69) is 40.5 Å². The van der Waals surface area contributed by atoms with E-state index in [1.54, 1.807) is 42.9 Å². The lowest BCUT2D eigenvalue weighted by Crippen LogP contribution is -2.49.